The minimum Gasteiger partial charge on any atom is -0.396 e. The van der Waals surface area contributed by atoms with E-state index in [1.54, 1.807) is 0 Å². The summed E-state index contributed by atoms with van der Waals surface area (Å²) >= 11 is 0. The van der Waals surface area contributed by atoms with Crippen LogP contribution in [0.25, 0.3) is 0 Å². The zero-order chi connectivity index (χ0) is 5.70. The Balaban J connectivity index is 3.04. The highest BCUT2D eigenvalue weighted by molar-refractivity contribution is 7.73. The van der Waals surface area contributed by atoms with E-state index in [1.807, 2.05) is 0 Å². The normalized spacial score (nSPS) is 8.57. The van der Waals surface area contributed by atoms with Crippen LogP contribution in [0.5, 0.6) is 0 Å². The predicted octanol–water partition coefficient (Wildman–Crippen LogP) is -0.293. The first-order chi connectivity index (χ1) is 3.27. The third-order valence-corrected chi connectivity index (χ3v) is 1.19. The maximum Gasteiger partial charge on any atom is 0.0465 e. The van der Waals surface area contributed by atoms with E-state index in [0.29, 0.717) is 12.2 Å². The van der Waals surface area contributed by atoms with Gasteiger partial charge in [0.05, 0.1) is 0 Å². The highest BCUT2D eigenvalue weighted by atomic mass is 32.2. The van der Waals surface area contributed by atoms with Crippen LogP contribution in [0.1, 0.15) is 6.42 Å². The molecule has 3 heteroatoms. The first-order valence-electron chi connectivity index (χ1n) is 2.01. The quantitative estimate of drug-likeness (QED) is 0.543. The van der Waals surface area contributed by atoms with Gasteiger partial charge in [0.25, 0.3) is 0 Å². The van der Waals surface area contributed by atoms with Crippen molar-refractivity contribution in [1.29, 1.82) is 0 Å². The largest absolute Gasteiger partial charge is 0.396 e. The van der Waals surface area contributed by atoms with Crippen molar-refractivity contribution in [3.63, 3.8) is 0 Å². The van der Waals surface area contributed by atoms with Crippen molar-refractivity contribution in [2.24, 2.45) is 0 Å². The predicted molar refractivity (Wildman–Crippen MR) is 29.7 cm³/mol. The molecule has 0 radical (unpaired) electrons. The monoisotopic (exact) mass is 120 g/mol. The topological polar surface area (TPSA) is 37.3 Å². The molecule has 1 N–H and O–H groups in total. The lowest BCUT2D eigenvalue weighted by molar-refractivity contribution is 0.296. The summed E-state index contributed by atoms with van der Waals surface area (Å²) < 4.78 is 9.98. The molecule has 0 aliphatic heterocycles. The molecule has 0 atom stereocenters. The lowest BCUT2D eigenvalue weighted by Crippen LogP contribution is -1.87. The Labute approximate surface area is 44.8 Å². The van der Waals surface area contributed by atoms with Crippen molar-refractivity contribution in [3.05, 3.63) is 0 Å². The third-order valence-electron chi connectivity index (χ3n) is 0.504. The fourth-order valence-electron chi connectivity index (χ4n) is 0.207. The highest BCUT2D eigenvalue weighted by Crippen LogP contribution is 1.72. The van der Waals surface area contributed by atoms with Gasteiger partial charge in [-0.1, -0.05) is 5.69 Å². The number of aliphatic hydroxyl groups is 1. The number of rotatable bonds is 2. The lowest BCUT2D eigenvalue weighted by atomic mass is 10.5. The summed E-state index contributed by atoms with van der Waals surface area (Å²) in [7, 11) is -1.23. The van der Waals surface area contributed by atoms with Gasteiger partial charge in [-0.15, -0.1) is 0 Å². The Morgan fingerprint density at radius 2 is 2.29 bits per heavy atom. The van der Waals surface area contributed by atoms with Crippen molar-refractivity contribution >= 4 is 10.2 Å². The lowest BCUT2D eigenvalue weighted by Gasteiger charge is -1.81. The van der Waals surface area contributed by atoms with Gasteiger partial charge in [-0.3, -0.25) is 0 Å². The minimum absolute atomic E-state index is 0.0724. The average molecular weight is 120 g/mol. The zero-order valence-electron chi connectivity index (χ0n) is 3.96. The van der Waals surface area contributed by atoms with E-state index in [1.165, 1.54) is 0 Å². The fourth-order valence-corrected chi connectivity index (χ4v) is 0.620. The van der Waals surface area contributed by atoms with Crippen molar-refractivity contribution < 1.29 is 9.32 Å². The van der Waals surface area contributed by atoms with E-state index < -0.39 is 10.2 Å². The Kier molecular flexibility index (Phi) is 3.80. The molecule has 0 rings (SSSR count). The molecule has 0 bridgehead atoms. The molecule has 0 aliphatic rings. The minimum atomic E-state index is -1.23. The van der Waals surface area contributed by atoms with E-state index in [2.05, 4.69) is 0 Å². The number of hydrogen-bond donors (Lipinski definition) is 1. The molecule has 2 nitrogen and oxygen atoms in total. The molecule has 0 saturated carbocycles. The molecule has 0 aromatic heterocycles. The molecular weight excluding hydrogens is 112 g/mol. The van der Waals surface area contributed by atoms with Crippen LogP contribution in [0.4, 0.5) is 0 Å². The standard InChI is InChI=1S/C4H8O2S/c1-7(6)4-2-3-5/h1,5H,2-4H2. The summed E-state index contributed by atoms with van der Waals surface area (Å²) in [5.74, 6) is 0.399. The Morgan fingerprint density at radius 1 is 1.71 bits per heavy atom. The zero-order valence-corrected chi connectivity index (χ0v) is 4.78. The first kappa shape index (κ1) is 6.76. The third kappa shape index (κ3) is 5.76. The van der Waals surface area contributed by atoms with Gasteiger partial charge in [0.1, 0.15) is 0 Å². The summed E-state index contributed by atoms with van der Waals surface area (Å²) in [6, 6.07) is 0. The first-order valence-corrected chi connectivity index (χ1v) is 3.39. The summed E-state index contributed by atoms with van der Waals surface area (Å²) in [6.45, 7) is 0.0724. The molecule has 7 heavy (non-hydrogen) atoms. The molecule has 0 fully saturated rings. The molecule has 0 amide bonds. The van der Waals surface area contributed by atoms with Crippen molar-refractivity contribution in [2.45, 2.75) is 6.42 Å². The van der Waals surface area contributed by atoms with E-state index >= 15 is 0 Å². The van der Waals surface area contributed by atoms with Gasteiger partial charge >= 0.3 is 0 Å². The molecule has 0 heterocycles. The molecular formula is C4H8O2S. The maximum atomic E-state index is 9.98. The van der Waals surface area contributed by atoms with Gasteiger partial charge in [-0.25, -0.2) is 4.21 Å². The summed E-state index contributed by atoms with van der Waals surface area (Å²) in [4.78, 5) is 0. The van der Waals surface area contributed by atoms with Crippen molar-refractivity contribution in [1.82, 2.24) is 0 Å². The second-order valence-electron chi connectivity index (χ2n) is 1.16. The smallest absolute Gasteiger partial charge is 0.0465 e. The highest BCUT2D eigenvalue weighted by Gasteiger charge is 1.78. The molecule has 0 aromatic carbocycles. The molecule has 0 saturated heterocycles. The van der Waals surface area contributed by atoms with Crippen LogP contribution in [-0.2, 0) is 10.2 Å². The molecule has 0 aliphatic carbocycles. The average Bonchev–Trinajstić information content (AvgIpc) is 1.61. The van der Waals surface area contributed by atoms with Crippen LogP contribution in [0.3, 0.4) is 0 Å². The summed E-state index contributed by atoms with van der Waals surface area (Å²) in [6.07, 6.45) is 0.531. The molecule has 42 valence electrons. The maximum absolute atomic E-state index is 9.98. The van der Waals surface area contributed by atoms with Crippen LogP contribution in [0.15, 0.2) is 0 Å². The van der Waals surface area contributed by atoms with Gasteiger partial charge in [-0.2, -0.15) is 0 Å². The van der Waals surface area contributed by atoms with Gasteiger partial charge < -0.3 is 5.11 Å². The fraction of sp³-hybridized carbons (Fsp3) is 0.750. The number of aliphatic hydroxyl groups excluding tert-OH is 1. The second-order valence-corrected chi connectivity index (χ2v) is 2.33. The molecule has 0 aromatic rings. The molecule has 0 unspecified atom stereocenters. The summed E-state index contributed by atoms with van der Waals surface area (Å²) in [5.41, 5.74) is 4.84. The van der Waals surface area contributed by atoms with Crippen molar-refractivity contribution in [3.8, 4) is 5.69 Å². The summed E-state index contributed by atoms with van der Waals surface area (Å²) in [5, 5.41) is 8.13. The Hall–Kier alpha value is -0.240. The van der Waals surface area contributed by atoms with E-state index in [4.69, 9.17) is 10.8 Å². The van der Waals surface area contributed by atoms with Gasteiger partial charge in [-0.05, 0) is 6.42 Å². The van der Waals surface area contributed by atoms with E-state index in [9.17, 15) is 4.21 Å². The van der Waals surface area contributed by atoms with E-state index in [0.717, 1.165) is 0 Å². The van der Waals surface area contributed by atoms with Crippen LogP contribution >= 0.6 is 0 Å². The van der Waals surface area contributed by atoms with Gasteiger partial charge in [0.15, 0.2) is 0 Å². The van der Waals surface area contributed by atoms with Crippen LogP contribution in [0, 0.1) is 5.69 Å². The van der Waals surface area contributed by atoms with Crippen molar-refractivity contribution in [2.75, 3.05) is 12.4 Å². The second kappa shape index (κ2) is 3.93. The van der Waals surface area contributed by atoms with Crippen LogP contribution < -0.4 is 0 Å². The molecule has 0 spiro atoms. The Bertz CT molecular complexity index is 133. The van der Waals surface area contributed by atoms with E-state index in [-0.39, 0.29) is 6.61 Å². The SMILES string of the molecule is C#S(=O)CCCO. The van der Waals surface area contributed by atoms with Crippen LogP contribution in [-0.4, -0.2) is 21.7 Å². The van der Waals surface area contributed by atoms with Gasteiger partial charge in [0.2, 0.25) is 0 Å². The Morgan fingerprint density at radius 3 is 2.43 bits per heavy atom. The van der Waals surface area contributed by atoms with Gasteiger partial charge in [0, 0.05) is 22.6 Å². The number of hydrogen-bond acceptors (Lipinski definition) is 2. The van der Waals surface area contributed by atoms with Crippen LogP contribution in [0.2, 0.25) is 0 Å².